The van der Waals surface area contributed by atoms with E-state index in [0.717, 1.165) is 11.1 Å². The minimum Gasteiger partial charge on any atom is -0.366 e. The molecule has 31 heavy (non-hydrogen) atoms. The number of nitrogens with one attached hydrogen (secondary N) is 1. The van der Waals surface area contributed by atoms with Crippen LogP contribution in [0, 0.1) is 5.92 Å². The standard InChI is InChI=1S/C24H27N5O2/c1-28-22(30)11-20(13-26-12-17-7-9-19(10-8-17)24(25)31)23(28)21-14-27-29(16-21)15-18-5-3-2-4-6-18/h2-10,14,16,20,23,26H,11-13,15H2,1H3,(H2,25,31)/t20-,23+/m0/s1. The van der Waals surface area contributed by atoms with E-state index in [1.165, 1.54) is 5.56 Å². The summed E-state index contributed by atoms with van der Waals surface area (Å²) in [5.41, 5.74) is 9.10. The predicted molar refractivity (Wildman–Crippen MR) is 118 cm³/mol. The molecule has 2 atom stereocenters. The second kappa shape index (κ2) is 9.14. The lowest BCUT2D eigenvalue weighted by atomic mass is 9.95. The monoisotopic (exact) mass is 417 g/mol. The van der Waals surface area contributed by atoms with E-state index >= 15 is 0 Å². The molecule has 0 saturated carbocycles. The number of likely N-dealkylation sites (tertiary alicyclic amines) is 1. The van der Waals surface area contributed by atoms with Crippen molar-refractivity contribution >= 4 is 11.8 Å². The van der Waals surface area contributed by atoms with Gasteiger partial charge in [-0.1, -0.05) is 42.5 Å². The zero-order chi connectivity index (χ0) is 21.8. The molecule has 160 valence electrons. The molecule has 1 aromatic heterocycles. The first-order valence-electron chi connectivity index (χ1n) is 10.4. The number of rotatable bonds is 8. The Balaban J connectivity index is 1.39. The topological polar surface area (TPSA) is 93.2 Å². The number of primary amides is 1. The van der Waals surface area contributed by atoms with Gasteiger partial charge in [-0.25, -0.2) is 0 Å². The van der Waals surface area contributed by atoms with Crippen molar-refractivity contribution in [3.63, 3.8) is 0 Å². The zero-order valence-corrected chi connectivity index (χ0v) is 17.6. The maximum absolute atomic E-state index is 12.4. The number of amides is 2. The van der Waals surface area contributed by atoms with E-state index in [9.17, 15) is 9.59 Å². The Labute approximate surface area is 181 Å². The number of nitrogens with two attached hydrogens (primary N) is 1. The first-order valence-corrected chi connectivity index (χ1v) is 10.4. The molecule has 4 rings (SSSR count). The van der Waals surface area contributed by atoms with Gasteiger partial charge in [0.1, 0.15) is 0 Å². The molecule has 0 bridgehead atoms. The van der Waals surface area contributed by atoms with Crippen molar-refractivity contribution in [3.05, 3.63) is 89.2 Å². The molecule has 1 fully saturated rings. The van der Waals surface area contributed by atoms with Gasteiger partial charge in [-0.3, -0.25) is 14.3 Å². The summed E-state index contributed by atoms with van der Waals surface area (Å²) in [5, 5.41) is 7.98. The minimum atomic E-state index is -0.428. The van der Waals surface area contributed by atoms with Crippen molar-refractivity contribution in [2.24, 2.45) is 11.7 Å². The fourth-order valence-corrected chi connectivity index (χ4v) is 4.21. The van der Waals surface area contributed by atoms with Crippen molar-refractivity contribution in [1.29, 1.82) is 0 Å². The van der Waals surface area contributed by atoms with Crippen molar-refractivity contribution in [2.75, 3.05) is 13.6 Å². The fourth-order valence-electron chi connectivity index (χ4n) is 4.21. The summed E-state index contributed by atoms with van der Waals surface area (Å²) in [6.45, 7) is 2.07. The molecular weight excluding hydrogens is 390 g/mol. The van der Waals surface area contributed by atoms with E-state index in [-0.39, 0.29) is 17.9 Å². The Morgan fingerprint density at radius 3 is 2.58 bits per heavy atom. The number of hydrogen-bond acceptors (Lipinski definition) is 4. The van der Waals surface area contributed by atoms with E-state index in [2.05, 4.69) is 22.5 Å². The second-order valence-corrected chi connectivity index (χ2v) is 8.06. The highest BCUT2D eigenvalue weighted by atomic mass is 16.2. The molecule has 1 saturated heterocycles. The molecule has 3 aromatic rings. The highest BCUT2D eigenvalue weighted by Gasteiger charge is 2.38. The van der Waals surface area contributed by atoms with Crippen LogP contribution in [0.1, 0.15) is 39.5 Å². The molecule has 7 heteroatoms. The zero-order valence-electron chi connectivity index (χ0n) is 17.6. The van der Waals surface area contributed by atoms with Crippen LogP contribution < -0.4 is 11.1 Å². The van der Waals surface area contributed by atoms with Gasteiger partial charge in [-0.2, -0.15) is 5.10 Å². The van der Waals surface area contributed by atoms with Crippen molar-refractivity contribution in [3.8, 4) is 0 Å². The van der Waals surface area contributed by atoms with Gasteiger partial charge in [0.15, 0.2) is 0 Å². The number of hydrogen-bond donors (Lipinski definition) is 2. The molecule has 0 radical (unpaired) electrons. The van der Waals surface area contributed by atoms with Crippen LogP contribution in [-0.4, -0.2) is 40.1 Å². The Kier molecular flexibility index (Phi) is 6.13. The van der Waals surface area contributed by atoms with Crippen molar-refractivity contribution in [2.45, 2.75) is 25.6 Å². The molecule has 0 aliphatic carbocycles. The van der Waals surface area contributed by atoms with Gasteiger partial charge in [0, 0.05) is 49.8 Å². The maximum atomic E-state index is 12.4. The third kappa shape index (κ3) is 4.83. The largest absolute Gasteiger partial charge is 0.366 e. The van der Waals surface area contributed by atoms with Crippen molar-refractivity contribution in [1.82, 2.24) is 20.0 Å². The molecule has 3 N–H and O–H groups in total. The highest BCUT2D eigenvalue weighted by Crippen LogP contribution is 2.36. The summed E-state index contributed by atoms with van der Waals surface area (Å²) >= 11 is 0. The number of aromatic nitrogens is 2. The van der Waals surface area contributed by atoms with Crippen LogP contribution in [0.4, 0.5) is 0 Å². The molecule has 7 nitrogen and oxygen atoms in total. The average molecular weight is 418 g/mol. The van der Waals surface area contributed by atoms with Crippen molar-refractivity contribution < 1.29 is 9.59 Å². The summed E-state index contributed by atoms with van der Waals surface area (Å²) in [4.78, 5) is 25.5. The number of benzene rings is 2. The van der Waals surface area contributed by atoms with E-state index in [1.54, 1.807) is 12.1 Å². The Morgan fingerprint density at radius 1 is 1.13 bits per heavy atom. The van der Waals surface area contributed by atoms with E-state index in [0.29, 0.717) is 31.6 Å². The van der Waals surface area contributed by atoms with Crippen LogP contribution in [-0.2, 0) is 17.9 Å². The number of carbonyl (C=O) groups is 2. The quantitative estimate of drug-likeness (QED) is 0.588. The Morgan fingerprint density at radius 2 is 1.87 bits per heavy atom. The summed E-state index contributed by atoms with van der Waals surface area (Å²) in [7, 11) is 1.87. The van der Waals surface area contributed by atoms with Crippen LogP contribution >= 0.6 is 0 Å². The lowest BCUT2D eigenvalue weighted by molar-refractivity contribution is -0.127. The SMILES string of the molecule is CN1C(=O)C[C@@H](CNCc2ccc(C(N)=O)cc2)[C@@H]1c1cnn(Cc2ccccc2)c1. The lowest BCUT2D eigenvalue weighted by Crippen LogP contribution is -2.29. The molecule has 0 spiro atoms. The minimum absolute atomic E-state index is 0.00163. The number of carbonyl (C=O) groups excluding carboxylic acids is 2. The molecular formula is C24H27N5O2. The van der Waals surface area contributed by atoms with Gasteiger partial charge in [-0.05, 0) is 23.3 Å². The van der Waals surface area contributed by atoms with Crippen LogP contribution in [0.5, 0.6) is 0 Å². The second-order valence-electron chi connectivity index (χ2n) is 8.06. The average Bonchev–Trinajstić information content (AvgIpc) is 3.33. The van der Waals surface area contributed by atoms with Crippen LogP contribution in [0.25, 0.3) is 0 Å². The van der Waals surface area contributed by atoms with Gasteiger partial charge in [-0.15, -0.1) is 0 Å². The summed E-state index contributed by atoms with van der Waals surface area (Å²) < 4.78 is 1.92. The van der Waals surface area contributed by atoms with Gasteiger partial charge < -0.3 is 16.0 Å². The van der Waals surface area contributed by atoms with E-state index < -0.39 is 5.91 Å². The van der Waals surface area contributed by atoms with Gasteiger partial charge in [0.25, 0.3) is 0 Å². The molecule has 1 aliphatic heterocycles. The smallest absolute Gasteiger partial charge is 0.248 e. The Bertz CT molecular complexity index is 1050. The molecule has 2 aromatic carbocycles. The fraction of sp³-hybridized carbons (Fsp3) is 0.292. The lowest BCUT2D eigenvalue weighted by Gasteiger charge is -2.24. The normalized spacial score (nSPS) is 18.5. The molecule has 0 unspecified atom stereocenters. The predicted octanol–water partition coefficient (Wildman–Crippen LogP) is 2.34. The first kappa shape index (κ1) is 20.8. The third-order valence-corrected chi connectivity index (χ3v) is 5.85. The third-order valence-electron chi connectivity index (χ3n) is 5.85. The molecule has 2 amide bonds. The summed E-state index contributed by atoms with van der Waals surface area (Å²) in [6, 6.07) is 17.5. The van der Waals surface area contributed by atoms with Gasteiger partial charge >= 0.3 is 0 Å². The number of nitrogens with zero attached hydrogens (tertiary/aromatic N) is 3. The molecule has 2 heterocycles. The van der Waals surface area contributed by atoms with Crippen LogP contribution in [0.15, 0.2) is 67.0 Å². The van der Waals surface area contributed by atoms with E-state index in [1.807, 2.05) is 59.4 Å². The summed E-state index contributed by atoms with van der Waals surface area (Å²) in [5.74, 6) is -0.113. The van der Waals surface area contributed by atoms with Gasteiger partial charge in [0.05, 0.1) is 18.8 Å². The van der Waals surface area contributed by atoms with Gasteiger partial charge in [0.2, 0.25) is 11.8 Å². The van der Waals surface area contributed by atoms with Crippen LogP contribution in [0.2, 0.25) is 0 Å². The Hall–Kier alpha value is -3.45. The van der Waals surface area contributed by atoms with E-state index in [4.69, 9.17) is 5.73 Å². The summed E-state index contributed by atoms with van der Waals surface area (Å²) in [6.07, 6.45) is 4.43. The molecule has 1 aliphatic rings. The first-order chi connectivity index (χ1) is 15.0. The highest BCUT2D eigenvalue weighted by molar-refractivity contribution is 5.92. The maximum Gasteiger partial charge on any atom is 0.248 e. The van der Waals surface area contributed by atoms with Crippen LogP contribution in [0.3, 0.4) is 0 Å².